The molecule has 0 saturated heterocycles. The fraction of sp³-hybridized carbons (Fsp3) is 0.320. The highest BCUT2D eigenvalue weighted by atomic mass is 32.2. The summed E-state index contributed by atoms with van der Waals surface area (Å²) in [6.07, 6.45) is 2.32. The number of hydrogen-bond acceptors (Lipinski definition) is 5. The highest BCUT2D eigenvalue weighted by Crippen LogP contribution is 2.60. The van der Waals surface area contributed by atoms with Gasteiger partial charge < -0.3 is 10.2 Å². The summed E-state index contributed by atoms with van der Waals surface area (Å²) in [4.78, 5) is 29.1. The number of halogens is 1. The van der Waals surface area contributed by atoms with Crippen LogP contribution >= 0.6 is 0 Å². The zero-order chi connectivity index (χ0) is 27.6. The van der Waals surface area contributed by atoms with Crippen molar-refractivity contribution in [2.75, 3.05) is 11.2 Å². The molecule has 0 bridgehead atoms. The molecule has 2 aromatic carbocycles. The summed E-state index contributed by atoms with van der Waals surface area (Å²) in [6.45, 7) is 2.27. The maximum Gasteiger partial charge on any atom is 0.275 e. The Kier molecular flexibility index (Phi) is 6.33. The molecule has 8 nitrogen and oxygen atoms in total. The van der Waals surface area contributed by atoms with E-state index >= 15 is 0 Å². The summed E-state index contributed by atoms with van der Waals surface area (Å²) < 4.78 is 40.7. The van der Waals surface area contributed by atoms with Crippen molar-refractivity contribution in [3.05, 3.63) is 77.4 Å². The zero-order valence-electron chi connectivity index (χ0n) is 22.0. The van der Waals surface area contributed by atoms with Gasteiger partial charge in [0.2, 0.25) is 5.91 Å². The number of sulfone groups is 1. The van der Waals surface area contributed by atoms with Crippen LogP contribution in [0.5, 0.6) is 0 Å². The van der Waals surface area contributed by atoms with E-state index in [1.807, 2.05) is 60.8 Å². The van der Waals surface area contributed by atoms with Crippen molar-refractivity contribution < 1.29 is 22.4 Å². The molecule has 5 rings (SSSR count). The van der Waals surface area contributed by atoms with E-state index in [1.165, 1.54) is 16.9 Å². The van der Waals surface area contributed by atoms with E-state index in [0.717, 1.165) is 17.4 Å². The highest BCUT2D eigenvalue weighted by Gasteiger charge is 2.59. The lowest BCUT2D eigenvalue weighted by atomic mass is 9.48. The van der Waals surface area contributed by atoms with E-state index in [-0.39, 0.29) is 34.3 Å². The van der Waals surface area contributed by atoms with Crippen LogP contribution in [0, 0.1) is 17.7 Å². The van der Waals surface area contributed by atoms with Crippen molar-refractivity contribution in [1.29, 1.82) is 0 Å². The van der Waals surface area contributed by atoms with Crippen LogP contribution in [0.2, 0.25) is 0 Å². The van der Waals surface area contributed by atoms with Crippen molar-refractivity contribution in [1.82, 2.24) is 15.1 Å². The van der Waals surface area contributed by atoms with Gasteiger partial charge in [-0.3, -0.25) is 14.3 Å². The molecule has 38 heavy (non-hydrogen) atoms. The van der Waals surface area contributed by atoms with Gasteiger partial charge in [0, 0.05) is 11.9 Å². The first-order valence-corrected chi connectivity index (χ1v) is 14.4. The number of nitrogens with zero attached hydrogens (tertiary/aromatic N) is 3. The number of rotatable bonds is 6. The molecule has 2 amide bonds. The van der Waals surface area contributed by atoms with Gasteiger partial charge in [0.05, 0.1) is 17.6 Å². The molecule has 0 radical (unpaired) electrons. The fourth-order valence-corrected chi connectivity index (χ4v) is 6.27. The second-order valence-corrected chi connectivity index (χ2v) is 13.3. The first kappa shape index (κ1) is 26.3. The van der Waals surface area contributed by atoms with Crippen LogP contribution < -0.4 is 10.2 Å². The maximum absolute atomic E-state index is 14.8. The molecule has 1 aliphatic carbocycles. The summed E-state index contributed by atoms with van der Waals surface area (Å²) in [5.74, 6) is -2.23. The standard InChI is InChI=1S/C25H28B3FN4O4S/c1-13-19-16-10-15(38(2,36)37)8-9-18(16)33(25(26,27)28)24(35)22(20(13)19)30-23(34)21-17(29)12-32(31-21)11-14-6-4-3-5-7-14/h3-10,12-13,19-20,22H,11,26-28H2,1-2H3,(H,30,34)/t13?,19?,20?,22-/m0/s1. The third-order valence-electron chi connectivity index (χ3n) is 7.42. The SMILES string of the molecule is BC(B)(B)N1C(=O)[C@@H](NC(=O)c2nn(Cc3ccccc3)cc2F)C2C(C)C2c2cc(S(C)(=O)=O)ccc21. The maximum atomic E-state index is 14.8. The Hall–Kier alpha value is -3.34. The molecule has 4 atom stereocenters. The number of benzene rings is 2. The number of carbonyl (C=O) groups excluding carboxylic acids is 2. The number of nitrogens with one attached hydrogen (secondary N) is 1. The van der Waals surface area contributed by atoms with Gasteiger partial charge in [0.25, 0.3) is 5.91 Å². The van der Waals surface area contributed by atoms with Crippen LogP contribution in [0.1, 0.15) is 34.5 Å². The molecular weight excluding hydrogens is 504 g/mol. The number of hydrogen-bond donors (Lipinski definition) is 1. The van der Waals surface area contributed by atoms with Crippen LogP contribution in [-0.4, -0.2) is 71.1 Å². The van der Waals surface area contributed by atoms with Crippen LogP contribution in [-0.2, 0) is 21.2 Å². The van der Waals surface area contributed by atoms with Crippen molar-refractivity contribution in [3.8, 4) is 0 Å². The second kappa shape index (κ2) is 9.15. The normalized spacial score (nSPS) is 22.8. The van der Waals surface area contributed by atoms with Gasteiger partial charge in [-0.05, 0) is 52.3 Å². The Morgan fingerprint density at radius 2 is 1.84 bits per heavy atom. The van der Waals surface area contributed by atoms with E-state index < -0.39 is 32.8 Å². The van der Waals surface area contributed by atoms with Gasteiger partial charge in [0.1, 0.15) is 29.6 Å². The fourth-order valence-electron chi connectivity index (χ4n) is 5.61. The summed E-state index contributed by atoms with van der Waals surface area (Å²) >= 11 is 0. The Morgan fingerprint density at radius 3 is 2.47 bits per heavy atom. The first-order chi connectivity index (χ1) is 17.8. The van der Waals surface area contributed by atoms with Crippen molar-refractivity contribution in [3.63, 3.8) is 0 Å². The largest absolute Gasteiger partial charge is 0.338 e. The van der Waals surface area contributed by atoms with E-state index in [2.05, 4.69) is 10.4 Å². The van der Waals surface area contributed by atoms with Gasteiger partial charge in [-0.2, -0.15) is 5.10 Å². The molecule has 13 heteroatoms. The Bertz CT molecular complexity index is 1540. The summed E-state index contributed by atoms with van der Waals surface area (Å²) in [7, 11) is 2.18. The lowest BCUT2D eigenvalue weighted by molar-refractivity contribution is -0.121. The van der Waals surface area contributed by atoms with Gasteiger partial charge in [0.15, 0.2) is 21.3 Å². The molecule has 0 spiro atoms. The predicted molar refractivity (Wildman–Crippen MR) is 150 cm³/mol. The number of amides is 2. The van der Waals surface area contributed by atoms with Crippen LogP contribution in [0.4, 0.5) is 10.1 Å². The van der Waals surface area contributed by atoms with Crippen LogP contribution in [0.3, 0.4) is 0 Å². The van der Waals surface area contributed by atoms with E-state index in [1.54, 1.807) is 17.0 Å². The molecule has 1 fully saturated rings. The Labute approximate surface area is 224 Å². The van der Waals surface area contributed by atoms with Gasteiger partial charge >= 0.3 is 0 Å². The molecule has 3 unspecified atom stereocenters. The lowest BCUT2D eigenvalue weighted by Crippen LogP contribution is -2.60. The molecule has 2 heterocycles. The highest BCUT2D eigenvalue weighted by molar-refractivity contribution is 7.90. The van der Waals surface area contributed by atoms with Crippen molar-refractivity contribution in [2.45, 2.75) is 35.6 Å². The predicted octanol–water partition coefficient (Wildman–Crippen LogP) is -0.521. The van der Waals surface area contributed by atoms with Gasteiger partial charge in [-0.25, -0.2) is 12.8 Å². The Morgan fingerprint density at radius 1 is 1.16 bits per heavy atom. The van der Waals surface area contributed by atoms with E-state index in [9.17, 15) is 22.4 Å². The van der Waals surface area contributed by atoms with Crippen molar-refractivity contribution >= 4 is 50.9 Å². The molecule has 1 N–H and O–H groups in total. The molecule has 1 aliphatic heterocycles. The topological polar surface area (TPSA) is 101 Å². The number of anilines is 1. The van der Waals surface area contributed by atoms with E-state index in [0.29, 0.717) is 12.2 Å². The van der Waals surface area contributed by atoms with E-state index in [4.69, 9.17) is 0 Å². The van der Waals surface area contributed by atoms with Crippen molar-refractivity contribution in [2.24, 2.45) is 11.8 Å². The lowest BCUT2D eigenvalue weighted by Gasteiger charge is -2.39. The second-order valence-electron chi connectivity index (χ2n) is 11.3. The molecule has 2 aliphatic rings. The summed E-state index contributed by atoms with van der Waals surface area (Å²) in [5, 5.41) is 6.28. The minimum absolute atomic E-state index is 0.0143. The molecule has 1 saturated carbocycles. The molecule has 3 aromatic rings. The smallest absolute Gasteiger partial charge is 0.275 e. The third-order valence-corrected chi connectivity index (χ3v) is 8.53. The number of carbonyl (C=O) groups is 2. The summed E-state index contributed by atoms with van der Waals surface area (Å²) in [6, 6.07) is 13.3. The molecule has 1 aromatic heterocycles. The van der Waals surface area contributed by atoms with Crippen LogP contribution in [0.15, 0.2) is 59.6 Å². The minimum Gasteiger partial charge on any atom is -0.338 e. The van der Waals surface area contributed by atoms with Crippen LogP contribution in [0.25, 0.3) is 0 Å². The zero-order valence-corrected chi connectivity index (χ0v) is 22.8. The first-order valence-electron chi connectivity index (χ1n) is 12.5. The molecular formula is C25H28B3FN4O4S. The molecule has 194 valence electrons. The van der Waals surface area contributed by atoms with Gasteiger partial charge in [-0.1, -0.05) is 37.3 Å². The average molecular weight is 532 g/mol. The van der Waals surface area contributed by atoms with Gasteiger partial charge in [-0.15, -0.1) is 0 Å². The number of fused-ring (bicyclic) bond motifs is 3. The number of aromatic nitrogens is 2. The monoisotopic (exact) mass is 532 g/mol. The minimum atomic E-state index is -3.46. The quantitative estimate of drug-likeness (QED) is 0.431. The average Bonchev–Trinajstić information content (AvgIpc) is 3.37. The Balaban J connectivity index is 1.48. The summed E-state index contributed by atoms with van der Waals surface area (Å²) in [5.41, 5.74) is 1.93. The third kappa shape index (κ3) is 4.68.